The topological polar surface area (TPSA) is 93.0 Å². The minimum absolute atomic E-state index is 0.00641. The van der Waals surface area contributed by atoms with E-state index in [1.807, 2.05) is 31.4 Å². The molecule has 0 saturated carbocycles. The summed E-state index contributed by atoms with van der Waals surface area (Å²) in [5.74, 6) is 0.623. The maximum Gasteiger partial charge on any atom is 0.329 e. The largest absolute Gasteiger partial charge is 0.357 e. The number of hydrogen-bond acceptors (Lipinski definition) is 7. The molecule has 0 aliphatic rings. The lowest BCUT2D eigenvalue weighted by molar-refractivity contribution is -0.384. The Morgan fingerprint density at radius 3 is 2.86 bits per heavy atom. The molecule has 0 aliphatic heterocycles. The highest BCUT2D eigenvalue weighted by atomic mass is 32.1. The summed E-state index contributed by atoms with van der Waals surface area (Å²) in [5.41, 5.74) is -0.119. The fourth-order valence-electron chi connectivity index (χ4n) is 1.89. The molecule has 112 valence electrons. The van der Waals surface area contributed by atoms with Crippen molar-refractivity contribution < 1.29 is 4.92 Å². The Balaban J connectivity index is 2.31. The van der Waals surface area contributed by atoms with Crippen molar-refractivity contribution in [3.05, 3.63) is 38.7 Å². The summed E-state index contributed by atoms with van der Waals surface area (Å²) in [6.45, 7) is 4.59. The molecule has 0 amide bonds. The summed E-state index contributed by atoms with van der Waals surface area (Å²) in [5, 5.41) is 19.2. The molecule has 0 saturated heterocycles. The fraction of sp³-hybridized carbons (Fsp3) is 0.385. The number of nitro groups is 1. The van der Waals surface area contributed by atoms with Crippen LogP contribution in [0.15, 0.2) is 23.7 Å². The predicted molar refractivity (Wildman–Crippen MR) is 83.8 cm³/mol. The van der Waals surface area contributed by atoms with E-state index in [-0.39, 0.29) is 17.5 Å². The molecule has 7 nitrogen and oxygen atoms in total. The van der Waals surface area contributed by atoms with E-state index in [1.165, 1.54) is 6.20 Å². The number of thiophene rings is 1. The Labute approximate surface area is 126 Å². The van der Waals surface area contributed by atoms with Crippen LogP contribution in [0.25, 0.3) is 0 Å². The second-order valence-corrected chi connectivity index (χ2v) is 5.31. The first kappa shape index (κ1) is 15.2. The molecule has 1 unspecified atom stereocenters. The van der Waals surface area contributed by atoms with Gasteiger partial charge in [0.25, 0.3) is 0 Å². The molecule has 2 aromatic rings. The van der Waals surface area contributed by atoms with Crippen molar-refractivity contribution in [3.63, 3.8) is 0 Å². The van der Waals surface area contributed by atoms with Crippen LogP contribution in [0.1, 0.15) is 31.2 Å². The third kappa shape index (κ3) is 3.66. The van der Waals surface area contributed by atoms with Gasteiger partial charge in [-0.1, -0.05) is 13.0 Å². The van der Waals surface area contributed by atoms with Gasteiger partial charge < -0.3 is 10.6 Å². The molecule has 21 heavy (non-hydrogen) atoms. The van der Waals surface area contributed by atoms with Crippen LogP contribution < -0.4 is 10.6 Å². The van der Waals surface area contributed by atoms with Crippen LogP contribution in [0.4, 0.5) is 17.5 Å². The molecule has 2 aromatic heterocycles. The minimum Gasteiger partial charge on any atom is -0.357 e. The quantitative estimate of drug-likeness (QED) is 0.601. The second-order valence-electron chi connectivity index (χ2n) is 4.34. The normalized spacial score (nSPS) is 11.9. The van der Waals surface area contributed by atoms with Gasteiger partial charge >= 0.3 is 5.69 Å². The lowest BCUT2D eigenvalue weighted by Crippen LogP contribution is -2.13. The van der Waals surface area contributed by atoms with Crippen LogP contribution in [0.5, 0.6) is 0 Å². The maximum atomic E-state index is 11.1. The molecule has 0 fully saturated rings. The van der Waals surface area contributed by atoms with Gasteiger partial charge in [-0.15, -0.1) is 11.3 Å². The summed E-state index contributed by atoms with van der Waals surface area (Å²) in [6.07, 6.45) is 2.03. The van der Waals surface area contributed by atoms with Crippen molar-refractivity contribution in [1.82, 2.24) is 9.97 Å². The first-order chi connectivity index (χ1) is 10.2. The van der Waals surface area contributed by atoms with Crippen molar-refractivity contribution in [1.29, 1.82) is 0 Å². The first-order valence-electron chi connectivity index (χ1n) is 6.70. The van der Waals surface area contributed by atoms with Crippen molar-refractivity contribution in [2.75, 3.05) is 17.2 Å². The van der Waals surface area contributed by atoms with Gasteiger partial charge in [-0.2, -0.15) is 4.98 Å². The van der Waals surface area contributed by atoms with E-state index in [1.54, 1.807) is 11.3 Å². The second kappa shape index (κ2) is 6.98. The van der Waals surface area contributed by atoms with Crippen LogP contribution in [-0.2, 0) is 0 Å². The van der Waals surface area contributed by atoms with Crippen LogP contribution in [0.2, 0.25) is 0 Å². The smallest absolute Gasteiger partial charge is 0.329 e. The van der Waals surface area contributed by atoms with Crippen molar-refractivity contribution in [3.8, 4) is 0 Å². The lowest BCUT2D eigenvalue weighted by atomic mass is 10.2. The van der Waals surface area contributed by atoms with Gasteiger partial charge in [0.05, 0.1) is 11.0 Å². The molecule has 8 heteroatoms. The molecule has 2 N–H and O–H groups in total. The first-order valence-corrected chi connectivity index (χ1v) is 7.58. The fourth-order valence-corrected chi connectivity index (χ4v) is 2.75. The van der Waals surface area contributed by atoms with E-state index >= 15 is 0 Å². The molecule has 0 radical (unpaired) electrons. The zero-order chi connectivity index (χ0) is 15.2. The third-order valence-electron chi connectivity index (χ3n) is 2.91. The molecule has 0 aliphatic carbocycles. The Kier molecular flexibility index (Phi) is 5.04. The highest BCUT2D eigenvalue weighted by molar-refractivity contribution is 7.10. The van der Waals surface area contributed by atoms with Gasteiger partial charge in [0.15, 0.2) is 0 Å². The van der Waals surface area contributed by atoms with Gasteiger partial charge in [-0.3, -0.25) is 10.1 Å². The van der Waals surface area contributed by atoms with E-state index < -0.39 is 4.92 Å². The van der Waals surface area contributed by atoms with Crippen molar-refractivity contribution in [2.24, 2.45) is 0 Å². The Morgan fingerprint density at radius 1 is 1.48 bits per heavy atom. The average Bonchev–Trinajstić information content (AvgIpc) is 2.99. The Morgan fingerprint density at radius 2 is 2.29 bits per heavy atom. The summed E-state index contributed by atoms with van der Waals surface area (Å²) in [6, 6.07) is 3.96. The van der Waals surface area contributed by atoms with E-state index in [0.717, 1.165) is 11.3 Å². The van der Waals surface area contributed by atoms with Crippen LogP contribution in [0.3, 0.4) is 0 Å². The molecule has 2 rings (SSSR count). The van der Waals surface area contributed by atoms with Crippen LogP contribution >= 0.6 is 11.3 Å². The third-order valence-corrected chi connectivity index (χ3v) is 3.89. The number of nitrogens with one attached hydrogen (secondary N) is 2. The summed E-state index contributed by atoms with van der Waals surface area (Å²) in [7, 11) is 0. The minimum atomic E-state index is -0.473. The van der Waals surface area contributed by atoms with E-state index in [0.29, 0.717) is 12.5 Å². The van der Waals surface area contributed by atoms with Crippen LogP contribution in [-0.4, -0.2) is 21.4 Å². The molecule has 0 spiro atoms. The number of rotatable bonds is 7. The Hall–Kier alpha value is -2.22. The molecule has 0 bridgehead atoms. The SMILES string of the molecule is CCNc1ncc([N+](=O)[O-])c(NC(CC)c2cccs2)n1. The van der Waals surface area contributed by atoms with E-state index in [2.05, 4.69) is 20.6 Å². The molecule has 1 atom stereocenters. The van der Waals surface area contributed by atoms with Crippen molar-refractivity contribution >= 4 is 28.8 Å². The van der Waals surface area contributed by atoms with E-state index in [9.17, 15) is 10.1 Å². The maximum absolute atomic E-state index is 11.1. The highest BCUT2D eigenvalue weighted by Gasteiger charge is 2.21. The van der Waals surface area contributed by atoms with E-state index in [4.69, 9.17) is 0 Å². The van der Waals surface area contributed by atoms with Gasteiger partial charge in [0, 0.05) is 11.4 Å². The standard InChI is InChI=1S/C13H17N5O2S/c1-3-9(11-6-5-7-21-11)16-12-10(18(19)20)8-15-13(17-12)14-4-2/h5-9H,3-4H2,1-2H3,(H2,14,15,16,17). The Bertz CT molecular complexity index is 603. The zero-order valence-electron chi connectivity index (χ0n) is 11.9. The zero-order valence-corrected chi connectivity index (χ0v) is 12.7. The van der Waals surface area contributed by atoms with Crippen LogP contribution in [0, 0.1) is 10.1 Å². The number of hydrogen-bond donors (Lipinski definition) is 2. The molecule has 0 aromatic carbocycles. The number of anilines is 2. The summed E-state index contributed by atoms with van der Waals surface area (Å²) in [4.78, 5) is 19.9. The average molecular weight is 307 g/mol. The summed E-state index contributed by atoms with van der Waals surface area (Å²) >= 11 is 1.61. The van der Waals surface area contributed by atoms with Gasteiger partial charge in [0.2, 0.25) is 11.8 Å². The van der Waals surface area contributed by atoms with Gasteiger partial charge in [-0.05, 0) is 24.8 Å². The lowest BCUT2D eigenvalue weighted by Gasteiger charge is -2.16. The molecular formula is C13H17N5O2S. The molecular weight excluding hydrogens is 290 g/mol. The number of nitrogens with zero attached hydrogens (tertiary/aromatic N) is 3. The van der Waals surface area contributed by atoms with Gasteiger partial charge in [0.1, 0.15) is 6.20 Å². The highest BCUT2D eigenvalue weighted by Crippen LogP contribution is 2.30. The number of aromatic nitrogens is 2. The molecule has 2 heterocycles. The summed E-state index contributed by atoms with van der Waals surface area (Å²) < 4.78 is 0. The monoisotopic (exact) mass is 307 g/mol. The van der Waals surface area contributed by atoms with Gasteiger partial charge in [-0.25, -0.2) is 4.98 Å². The van der Waals surface area contributed by atoms with Crippen molar-refractivity contribution in [2.45, 2.75) is 26.3 Å². The predicted octanol–water partition coefficient (Wildman–Crippen LogP) is 3.44.